The third-order valence-corrected chi connectivity index (χ3v) is 5.12. The summed E-state index contributed by atoms with van der Waals surface area (Å²) in [6.45, 7) is 5.88. The minimum Gasteiger partial charge on any atom is -0.383 e. The molecule has 0 bridgehead atoms. The van der Waals surface area contributed by atoms with Gasteiger partial charge in [0, 0.05) is 38.3 Å². The Morgan fingerprint density at radius 2 is 1.91 bits per heavy atom. The van der Waals surface area contributed by atoms with Crippen molar-refractivity contribution in [2.24, 2.45) is 11.7 Å². The smallest absolute Gasteiger partial charge is 0.225 e. The van der Waals surface area contributed by atoms with Gasteiger partial charge in [-0.05, 0) is 32.6 Å². The van der Waals surface area contributed by atoms with Gasteiger partial charge in [-0.15, -0.1) is 24.8 Å². The molecule has 0 aromatic heterocycles. The number of ether oxygens (including phenoxy) is 1. The summed E-state index contributed by atoms with van der Waals surface area (Å²) in [4.78, 5) is 14.9. The first-order valence-electron chi connectivity index (χ1n) is 8.33. The lowest BCUT2D eigenvalue weighted by Crippen LogP contribution is -2.55. The van der Waals surface area contributed by atoms with E-state index in [0.717, 1.165) is 64.8 Å². The molecular formula is C16H33Cl2N3O2. The van der Waals surface area contributed by atoms with Crippen molar-refractivity contribution in [2.45, 2.75) is 57.0 Å². The Balaban J connectivity index is 0.00000242. The molecule has 0 radical (unpaired) electrons. The van der Waals surface area contributed by atoms with Crippen molar-refractivity contribution in [1.82, 2.24) is 10.2 Å². The molecule has 5 nitrogen and oxygen atoms in total. The SMILES string of the molecule is COCCN1CCC(NC(=O)C2CCCCC2(C)N)CC1.Cl.Cl. The van der Waals surface area contributed by atoms with E-state index in [0.29, 0.717) is 6.04 Å². The van der Waals surface area contributed by atoms with Gasteiger partial charge in [0.25, 0.3) is 0 Å². The Kier molecular flexibility index (Phi) is 10.7. The van der Waals surface area contributed by atoms with E-state index in [1.54, 1.807) is 7.11 Å². The van der Waals surface area contributed by atoms with Crippen molar-refractivity contribution in [3.05, 3.63) is 0 Å². The molecular weight excluding hydrogens is 337 g/mol. The standard InChI is InChI=1S/C16H31N3O2.2ClH/c1-16(17)8-4-3-5-14(16)15(20)18-13-6-9-19(10-7-13)11-12-21-2;;/h13-14H,3-12,17H2,1-2H3,(H,18,20);2*1H. The number of carbonyl (C=O) groups is 1. The van der Waals surface area contributed by atoms with Crippen molar-refractivity contribution in [3.63, 3.8) is 0 Å². The van der Waals surface area contributed by atoms with Gasteiger partial charge in [0.05, 0.1) is 12.5 Å². The highest BCUT2D eigenvalue weighted by molar-refractivity contribution is 5.85. The molecule has 1 saturated carbocycles. The third kappa shape index (κ3) is 6.75. The fourth-order valence-corrected chi connectivity index (χ4v) is 3.61. The monoisotopic (exact) mass is 369 g/mol. The van der Waals surface area contributed by atoms with E-state index >= 15 is 0 Å². The lowest BCUT2D eigenvalue weighted by molar-refractivity contribution is -0.129. The molecule has 2 aliphatic rings. The highest BCUT2D eigenvalue weighted by Crippen LogP contribution is 2.31. The predicted octanol–water partition coefficient (Wildman–Crippen LogP) is 1.96. The highest BCUT2D eigenvalue weighted by atomic mass is 35.5. The normalized spacial score (nSPS) is 29.3. The predicted molar refractivity (Wildman–Crippen MR) is 98.5 cm³/mol. The molecule has 1 heterocycles. The van der Waals surface area contributed by atoms with Crippen LogP contribution >= 0.6 is 24.8 Å². The maximum Gasteiger partial charge on any atom is 0.225 e. The Labute approximate surface area is 152 Å². The number of rotatable bonds is 5. The van der Waals surface area contributed by atoms with E-state index in [4.69, 9.17) is 10.5 Å². The first-order valence-corrected chi connectivity index (χ1v) is 8.33. The van der Waals surface area contributed by atoms with Crippen LogP contribution in [0, 0.1) is 5.92 Å². The summed E-state index contributed by atoms with van der Waals surface area (Å²) in [5.74, 6) is 0.160. The number of nitrogens with zero attached hydrogens (tertiary/aromatic N) is 1. The summed E-state index contributed by atoms with van der Waals surface area (Å²) < 4.78 is 5.11. The molecule has 1 amide bonds. The topological polar surface area (TPSA) is 67.6 Å². The molecule has 1 aliphatic carbocycles. The summed E-state index contributed by atoms with van der Waals surface area (Å²) in [6, 6.07) is 0.314. The number of nitrogens with two attached hydrogens (primary N) is 1. The average molecular weight is 370 g/mol. The van der Waals surface area contributed by atoms with Gasteiger partial charge in [-0.25, -0.2) is 0 Å². The van der Waals surface area contributed by atoms with Crippen molar-refractivity contribution in [2.75, 3.05) is 33.4 Å². The largest absolute Gasteiger partial charge is 0.383 e. The molecule has 7 heteroatoms. The van der Waals surface area contributed by atoms with Gasteiger partial charge in [0.1, 0.15) is 0 Å². The molecule has 1 saturated heterocycles. The summed E-state index contributed by atoms with van der Waals surface area (Å²) >= 11 is 0. The Morgan fingerprint density at radius 1 is 1.26 bits per heavy atom. The van der Waals surface area contributed by atoms with E-state index in [2.05, 4.69) is 10.2 Å². The number of carbonyl (C=O) groups excluding carboxylic acids is 1. The van der Waals surface area contributed by atoms with Crippen molar-refractivity contribution in [1.29, 1.82) is 0 Å². The molecule has 3 N–H and O–H groups in total. The zero-order valence-corrected chi connectivity index (χ0v) is 16.0. The van der Waals surface area contributed by atoms with E-state index in [-0.39, 0.29) is 42.2 Å². The number of hydrogen-bond donors (Lipinski definition) is 2. The van der Waals surface area contributed by atoms with Crippen molar-refractivity contribution < 1.29 is 9.53 Å². The Bertz CT molecular complexity index is 348. The van der Waals surface area contributed by atoms with Crippen LogP contribution in [0.1, 0.15) is 45.4 Å². The molecule has 2 unspecified atom stereocenters. The van der Waals surface area contributed by atoms with E-state index in [1.165, 1.54) is 0 Å². The van der Waals surface area contributed by atoms with Crippen LogP contribution in [0.15, 0.2) is 0 Å². The van der Waals surface area contributed by atoms with Crippen LogP contribution < -0.4 is 11.1 Å². The summed E-state index contributed by atoms with van der Waals surface area (Å²) in [6.07, 6.45) is 6.23. The second-order valence-electron chi connectivity index (χ2n) is 6.92. The zero-order valence-electron chi connectivity index (χ0n) is 14.4. The lowest BCUT2D eigenvalue weighted by Gasteiger charge is -2.39. The van der Waals surface area contributed by atoms with Crippen LogP contribution in [0.5, 0.6) is 0 Å². The van der Waals surface area contributed by atoms with Crippen LogP contribution in [-0.4, -0.2) is 55.7 Å². The molecule has 138 valence electrons. The highest BCUT2D eigenvalue weighted by Gasteiger charge is 2.38. The molecule has 2 atom stereocenters. The van der Waals surface area contributed by atoms with Crippen molar-refractivity contribution in [3.8, 4) is 0 Å². The fraction of sp³-hybridized carbons (Fsp3) is 0.938. The van der Waals surface area contributed by atoms with Gasteiger partial charge < -0.3 is 20.7 Å². The van der Waals surface area contributed by atoms with E-state index in [1.807, 2.05) is 6.92 Å². The van der Waals surface area contributed by atoms with Gasteiger partial charge in [-0.2, -0.15) is 0 Å². The number of halogens is 2. The first kappa shape index (κ1) is 22.9. The maximum atomic E-state index is 12.5. The number of nitrogens with one attached hydrogen (secondary N) is 1. The lowest BCUT2D eigenvalue weighted by atomic mass is 9.74. The number of methoxy groups -OCH3 is 1. The minimum atomic E-state index is -0.332. The molecule has 1 aliphatic heterocycles. The Hall–Kier alpha value is -0.0700. The van der Waals surface area contributed by atoms with Crippen LogP contribution in [0.25, 0.3) is 0 Å². The van der Waals surface area contributed by atoms with Crippen LogP contribution in [-0.2, 0) is 9.53 Å². The summed E-state index contributed by atoms with van der Waals surface area (Å²) in [5.41, 5.74) is 5.99. The van der Waals surface area contributed by atoms with Crippen LogP contribution in [0.2, 0.25) is 0 Å². The quantitative estimate of drug-likeness (QED) is 0.777. The number of likely N-dealkylation sites (tertiary alicyclic amines) is 1. The van der Waals surface area contributed by atoms with Gasteiger partial charge >= 0.3 is 0 Å². The van der Waals surface area contributed by atoms with Gasteiger partial charge in [-0.1, -0.05) is 12.8 Å². The second-order valence-corrected chi connectivity index (χ2v) is 6.92. The fourth-order valence-electron chi connectivity index (χ4n) is 3.61. The zero-order chi connectivity index (χ0) is 15.3. The van der Waals surface area contributed by atoms with Gasteiger partial charge in [0.15, 0.2) is 0 Å². The number of piperidine rings is 1. The summed E-state index contributed by atoms with van der Waals surface area (Å²) in [5, 5.41) is 3.24. The van der Waals surface area contributed by atoms with Crippen LogP contribution in [0.3, 0.4) is 0 Å². The van der Waals surface area contributed by atoms with E-state index in [9.17, 15) is 4.79 Å². The molecule has 23 heavy (non-hydrogen) atoms. The number of hydrogen-bond acceptors (Lipinski definition) is 4. The molecule has 2 fully saturated rings. The van der Waals surface area contributed by atoms with Gasteiger partial charge in [0.2, 0.25) is 5.91 Å². The molecule has 0 aromatic rings. The molecule has 0 aromatic carbocycles. The molecule has 0 spiro atoms. The van der Waals surface area contributed by atoms with Crippen molar-refractivity contribution >= 4 is 30.7 Å². The summed E-state index contributed by atoms with van der Waals surface area (Å²) in [7, 11) is 1.74. The minimum absolute atomic E-state index is 0. The molecule has 2 rings (SSSR count). The third-order valence-electron chi connectivity index (χ3n) is 5.12. The Morgan fingerprint density at radius 3 is 2.48 bits per heavy atom. The second kappa shape index (κ2) is 10.7. The average Bonchev–Trinajstić information content (AvgIpc) is 2.46. The maximum absolute atomic E-state index is 12.5. The number of amides is 1. The van der Waals surface area contributed by atoms with Gasteiger partial charge in [-0.3, -0.25) is 4.79 Å². The van der Waals surface area contributed by atoms with Crippen LogP contribution in [0.4, 0.5) is 0 Å². The first-order chi connectivity index (χ1) is 10.0. The van der Waals surface area contributed by atoms with E-state index < -0.39 is 0 Å².